The van der Waals surface area contributed by atoms with Crippen molar-refractivity contribution >= 4 is 0 Å². The van der Waals surface area contributed by atoms with E-state index >= 15 is 0 Å². The zero-order valence-corrected chi connectivity index (χ0v) is 7.16. The van der Waals surface area contributed by atoms with Crippen LogP contribution in [0.5, 0.6) is 0 Å². The molecule has 0 atom stereocenters. The largest absolute Gasteiger partial charge is 0.326 e. The van der Waals surface area contributed by atoms with Crippen LogP contribution in [0, 0.1) is 0 Å². The van der Waals surface area contributed by atoms with Gasteiger partial charge in [-0.3, -0.25) is 4.98 Å². The summed E-state index contributed by atoms with van der Waals surface area (Å²) in [7, 11) is 0. The summed E-state index contributed by atoms with van der Waals surface area (Å²) in [6.45, 7) is 0.605. The van der Waals surface area contributed by atoms with Gasteiger partial charge in [-0.1, -0.05) is 12.5 Å². The molecule has 0 unspecified atom stereocenters. The standard InChI is InChI=1S/C10H14N2/c11-5-8-4-10(7-12-6-8)9-2-1-3-9/h4,6-7,9H,1-3,5,11H2. The fourth-order valence-corrected chi connectivity index (χ4v) is 1.58. The van der Waals surface area contributed by atoms with Gasteiger partial charge in [0.2, 0.25) is 0 Å². The smallest absolute Gasteiger partial charge is 0.0312 e. The van der Waals surface area contributed by atoms with Gasteiger partial charge in [-0.2, -0.15) is 0 Å². The zero-order valence-electron chi connectivity index (χ0n) is 7.16. The van der Waals surface area contributed by atoms with Crippen LogP contribution in [-0.4, -0.2) is 4.98 Å². The second-order valence-electron chi connectivity index (χ2n) is 3.46. The van der Waals surface area contributed by atoms with E-state index in [0.29, 0.717) is 6.54 Å². The van der Waals surface area contributed by atoms with Crippen LogP contribution in [0.3, 0.4) is 0 Å². The van der Waals surface area contributed by atoms with Crippen LogP contribution in [-0.2, 0) is 6.54 Å². The topological polar surface area (TPSA) is 38.9 Å². The van der Waals surface area contributed by atoms with Crippen LogP contribution < -0.4 is 5.73 Å². The molecule has 2 rings (SSSR count). The molecule has 1 fully saturated rings. The van der Waals surface area contributed by atoms with Crippen LogP contribution >= 0.6 is 0 Å². The first-order valence-corrected chi connectivity index (χ1v) is 4.54. The minimum atomic E-state index is 0.605. The second-order valence-corrected chi connectivity index (χ2v) is 3.46. The Balaban J connectivity index is 2.19. The molecule has 0 bridgehead atoms. The number of hydrogen-bond acceptors (Lipinski definition) is 2. The highest BCUT2D eigenvalue weighted by molar-refractivity contribution is 5.22. The van der Waals surface area contributed by atoms with Gasteiger partial charge < -0.3 is 5.73 Å². The monoisotopic (exact) mass is 162 g/mol. The van der Waals surface area contributed by atoms with E-state index in [1.54, 1.807) is 0 Å². The van der Waals surface area contributed by atoms with Crippen molar-refractivity contribution in [2.45, 2.75) is 31.7 Å². The third kappa shape index (κ3) is 1.34. The molecule has 2 heteroatoms. The van der Waals surface area contributed by atoms with Gasteiger partial charge in [0.25, 0.3) is 0 Å². The van der Waals surface area contributed by atoms with E-state index in [1.165, 1.54) is 24.8 Å². The third-order valence-electron chi connectivity index (χ3n) is 2.63. The first-order valence-electron chi connectivity index (χ1n) is 4.54. The fourth-order valence-electron chi connectivity index (χ4n) is 1.58. The highest BCUT2D eigenvalue weighted by atomic mass is 14.6. The Morgan fingerprint density at radius 3 is 2.83 bits per heavy atom. The summed E-state index contributed by atoms with van der Waals surface area (Å²) in [6, 6.07) is 2.19. The summed E-state index contributed by atoms with van der Waals surface area (Å²) < 4.78 is 0. The molecule has 0 spiro atoms. The molecule has 2 nitrogen and oxygen atoms in total. The molecule has 1 aromatic rings. The molecule has 2 N–H and O–H groups in total. The molecule has 1 aromatic heterocycles. The summed E-state index contributed by atoms with van der Waals surface area (Å²) in [4.78, 5) is 4.18. The van der Waals surface area contributed by atoms with Crippen molar-refractivity contribution in [1.82, 2.24) is 4.98 Å². The molecule has 0 radical (unpaired) electrons. The van der Waals surface area contributed by atoms with Gasteiger partial charge in [-0.15, -0.1) is 0 Å². The van der Waals surface area contributed by atoms with Gasteiger partial charge in [0.1, 0.15) is 0 Å². The van der Waals surface area contributed by atoms with E-state index in [0.717, 1.165) is 11.5 Å². The molecule has 1 aliphatic rings. The van der Waals surface area contributed by atoms with E-state index in [2.05, 4.69) is 11.1 Å². The lowest BCUT2D eigenvalue weighted by atomic mass is 9.80. The molecular weight excluding hydrogens is 148 g/mol. The molecule has 0 amide bonds. The van der Waals surface area contributed by atoms with Crippen molar-refractivity contribution in [2.75, 3.05) is 0 Å². The maximum Gasteiger partial charge on any atom is 0.0312 e. The van der Waals surface area contributed by atoms with Crippen molar-refractivity contribution in [2.24, 2.45) is 5.73 Å². The van der Waals surface area contributed by atoms with Gasteiger partial charge in [0.15, 0.2) is 0 Å². The quantitative estimate of drug-likeness (QED) is 0.720. The lowest BCUT2D eigenvalue weighted by Gasteiger charge is -2.25. The Bertz CT molecular complexity index is 266. The summed E-state index contributed by atoms with van der Waals surface area (Å²) in [6.07, 6.45) is 7.86. The Kier molecular flexibility index (Phi) is 2.09. The molecule has 1 saturated carbocycles. The van der Waals surface area contributed by atoms with Crippen molar-refractivity contribution in [3.8, 4) is 0 Å². The lowest BCUT2D eigenvalue weighted by Crippen LogP contribution is -2.10. The van der Waals surface area contributed by atoms with Gasteiger partial charge >= 0.3 is 0 Å². The fraction of sp³-hybridized carbons (Fsp3) is 0.500. The molecule has 1 aliphatic carbocycles. The predicted molar refractivity (Wildman–Crippen MR) is 48.7 cm³/mol. The van der Waals surface area contributed by atoms with Gasteiger partial charge in [-0.05, 0) is 29.9 Å². The van der Waals surface area contributed by atoms with Gasteiger partial charge in [0.05, 0.1) is 0 Å². The highest BCUT2D eigenvalue weighted by Crippen LogP contribution is 2.35. The molecular formula is C10H14N2. The van der Waals surface area contributed by atoms with Gasteiger partial charge in [0, 0.05) is 18.9 Å². The molecule has 12 heavy (non-hydrogen) atoms. The number of hydrogen-bond donors (Lipinski definition) is 1. The minimum absolute atomic E-state index is 0.605. The number of nitrogens with two attached hydrogens (primary N) is 1. The van der Waals surface area contributed by atoms with Crippen molar-refractivity contribution in [3.05, 3.63) is 29.6 Å². The van der Waals surface area contributed by atoms with Crippen LogP contribution in [0.4, 0.5) is 0 Å². The SMILES string of the molecule is NCc1cncc(C2CCC2)c1. The maximum atomic E-state index is 5.54. The number of aromatic nitrogens is 1. The molecule has 64 valence electrons. The molecule has 0 aromatic carbocycles. The van der Waals surface area contributed by atoms with E-state index in [9.17, 15) is 0 Å². The Morgan fingerprint density at radius 2 is 2.25 bits per heavy atom. The Hall–Kier alpha value is -0.890. The average Bonchev–Trinajstić information content (AvgIpc) is 2.02. The maximum absolute atomic E-state index is 5.54. The van der Waals surface area contributed by atoms with Crippen LogP contribution in [0.15, 0.2) is 18.5 Å². The molecule has 0 aliphatic heterocycles. The van der Waals surface area contributed by atoms with E-state index in [1.807, 2.05) is 12.4 Å². The zero-order chi connectivity index (χ0) is 8.39. The van der Waals surface area contributed by atoms with Gasteiger partial charge in [-0.25, -0.2) is 0 Å². The predicted octanol–water partition coefficient (Wildman–Crippen LogP) is 1.81. The van der Waals surface area contributed by atoms with Crippen LogP contribution in [0.1, 0.15) is 36.3 Å². The minimum Gasteiger partial charge on any atom is -0.326 e. The van der Waals surface area contributed by atoms with Crippen molar-refractivity contribution in [3.63, 3.8) is 0 Å². The van der Waals surface area contributed by atoms with Crippen LogP contribution in [0.25, 0.3) is 0 Å². The Labute approximate surface area is 72.8 Å². The molecule has 0 saturated heterocycles. The first kappa shape index (κ1) is 7.74. The summed E-state index contributed by atoms with van der Waals surface area (Å²) >= 11 is 0. The van der Waals surface area contributed by atoms with Crippen molar-refractivity contribution in [1.29, 1.82) is 0 Å². The average molecular weight is 162 g/mol. The molecule has 1 heterocycles. The van der Waals surface area contributed by atoms with Crippen molar-refractivity contribution < 1.29 is 0 Å². The summed E-state index contributed by atoms with van der Waals surface area (Å²) in [5.74, 6) is 0.768. The second kappa shape index (κ2) is 3.23. The summed E-state index contributed by atoms with van der Waals surface area (Å²) in [5, 5.41) is 0. The first-order chi connectivity index (χ1) is 5.90. The Morgan fingerprint density at radius 1 is 1.42 bits per heavy atom. The summed E-state index contributed by atoms with van der Waals surface area (Å²) in [5.41, 5.74) is 8.07. The number of nitrogens with zero attached hydrogens (tertiary/aromatic N) is 1. The lowest BCUT2D eigenvalue weighted by molar-refractivity contribution is 0.418. The van der Waals surface area contributed by atoms with E-state index < -0.39 is 0 Å². The van der Waals surface area contributed by atoms with Crippen LogP contribution in [0.2, 0.25) is 0 Å². The van der Waals surface area contributed by atoms with E-state index in [-0.39, 0.29) is 0 Å². The highest BCUT2D eigenvalue weighted by Gasteiger charge is 2.19. The number of pyridine rings is 1. The van der Waals surface area contributed by atoms with E-state index in [4.69, 9.17) is 5.73 Å². The third-order valence-corrected chi connectivity index (χ3v) is 2.63. The number of rotatable bonds is 2. The normalized spacial score (nSPS) is 17.4.